The van der Waals surface area contributed by atoms with Crippen molar-refractivity contribution in [2.24, 2.45) is 0 Å². The van der Waals surface area contributed by atoms with Crippen molar-refractivity contribution in [3.05, 3.63) is 29.8 Å². The van der Waals surface area contributed by atoms with Crippen molar-refractivity contribution in [2.45, 2.75) is 6.32 Å². The topological polar surface area (TPSA) is 63.6 Å². The van der Waals surface area contributed by atoms with Crippen molar-refractivity contribution in [3.8, 4) is 5.75 Å². The minimum atomic E-state index is -3.93. The third-order valence-corrected chi connectivity index (χ3v) is 2.60. The summed E-state index contributed by atoms with van der Waals surface area (Å²) in [6.45, 7) is -0.0357. The molecule has 0 amide bonds. The second kappa shape index (κ2) is 5.18. The molecule has 4 nitrogen and oxygen atoms in total. The van der Waals surface area contributed by atoms with E-state index in [1.807, 2.05) is 26.0 Å². The molecule has 0 aliphatic heterocycles. The molecule has 0 fully saturated rings. The predicted molar refractivity (Wildman–Crippen MR) is 60.6 cm³/mol. The Labute approximate surface area is 90.4 Å². The fourth-order valence-electron chi connectivity index (χ4n) is 1.12. The van der Waals surface area contributed by atoms with Gasteiger partial charge in [-0.05, 0) is 12.1 Å². The van der Waals surface area contributed by atoms with E-state index in [0.717, 1.165) is 11.9 Å². The van der Waals surface area contributed by atoms with E-state index < -0.39 is 10.1 Å². The first-order valence-electron chi connectivity index (χ1n) is 4.68. The highest BCUT2D eigenvalue weighted by atomic mass is 32.2. The normalized spacial score (nSPS) is 11.3. The largest absolute Gasteiger partial charge is 0.492 e. The lowest BCUT2D eigenvalue weighted by atomic mass is 9.97. The summed E-state index contributed by atoms with van der Waals surface area (Å²) in [7, 11) is -1.91. The number of hydrogen-bond donors (Lipinski definition) is 1. The second-order valence-electron chi connectivity index (χ2n) is 3.14. The third kappa shape index (κ3) is 4.85. The highest BCUT2D eigenvalue weighted by Crippen LogP contribution is 2.12. The van der Waals surface area contributed by atoms with Crippen LogP contribution in [0.2, 0.25) is 0 Å². The van der Waals surface area contributed by atoms with E-state index in [4.69, 9.17) is 9.29 Å². The molecule has 82 valence electrons. The molecule has 1 N–H and O–H groups in total. The Morgan fingerprint density at radius 2 is 2.13 bits per heavy atom. The van der Waals surface area contributed by atoms with E-state index in [9.17, 15) is 8.42 Å². The summed E-state index contributed by atoms with van der Waals surface area (Å²) >= 11 is 0. The van der Waals surface area contributed by atoms with Gasteiger partial charge in [-0.3, -0.25) is 4.55 Å². The maximum absolute atomic E-state index is 10.4. The van der Waals surface area contributed by atoms with Crippen molar-refractivity contribution >= 4 is 18.0 Å². The molecule has 0 aliphatic rings. The molecule has 0 spiro atoms. The molecule has 0 saturated carbocycles. The lowest BCUT2D eigenvalue weighted by Crippen LogP contribution is -2.12. The van der Waals surface area contributed by atoms with Gasteiger partial charge in [0.1, 0.15) is 26.0 Å². The monoisotopic (exact) mass is 228 g/mol. The Hall–Kier alpha value is -1.01. The van der Waals surface area contributed by atoms with Crippen molar-refractivity contribution < 1.29 is 17.7 Å². The molecular weight excluding hydrogens is 215 g/mol. The molecule has 0 atom stereocenters. The van der Waals surface area contributed by atoms with Gasteiger partial charge in [-0.15, -0.1) is 0 Å². The first kappa shape index (κ1) is 12.1. The lowest BCUT2D eigenvalue weighted by Gasteiger charge is -2.05. The van der Waals surface area contributed by atoms with Crippen molar-refractivity contribution in [2.75, 3.05) is 12.4 Å². The van der Waals surface area contributed by atoms with Gasteiger partial charge >= 0.3 is 0 Å². The van der Waals surface area contributed by atoms with Gasteiger partial charge in [0, 0.05) is 0 Å². The van der Waals surface area contributed by atoms with E-state index >= 15 is 0 Å². The molecule has 6 heteroatoms. The van der Waals surface area contributed by atoms with Crippen LogP contribution < -0.4 is 4.74 Å². The van der Waals surface area contributed by atoms with Gasteiger partial charge < -0.3 is 4.74 Å². The van der Waals surface area contributed by atoms with Crippen LogP contribution in [0, 0.1) is 0 Å². The molecule has 0 aliphatic carbocycles. The first-order chi connectivity index (χ1) is 7.01. The van der Waals surface area contributed by atoms with Crippen LogP contribution in [0.5, 0.6) is 5.75 Å². The van der Waals surface area contributed by atoms with Gasteiger partial charge in [0.2, 0.25) is 0 Å². The molecule has 0 saturated heterocycles. The lowest BCUT2D eigenvalue weighted by molar-refractivity contribution is 0.335. The van der Waals surface area contributed by atoms with E-state index in [1.54, 1.807) is 6.07 Å². The van der Waals surface area contributed by atoms with Gasteiger partial charge in [0.15, 0.2) is 0 Å². The Morgan fingerprint density at radius 1 is 1.40 bits per heavy atom. The van der Waals surface area contributed by atoms with Crippen LogP contribution in [-0.2, 0) is 16.4 Å². The van der Waals surface area contributed by atoms with Gasteiger partial charge in [-0.25, -0.2) is 0 Å². The maximum atomic E-state index is 10.4. The van der Waals surface area contributed by atoms with Crippen LogP contribution >= 0.6 is 0 Å². The molecule has 0 heterocycles. The zero-order chi connectivity index (χ0) is 11.3. The van der Waals surface area contributed by atoms with E-state index in [1.165, 1.54) is 0 Å². The molecule has 0 bridgehead atoms. The molecule has 1 rings (SSSR count). The average molecular weight is 228 g/mol. The van der Waals surface area contributed by atoms with Gasteiger partial charge in [0.25, 0.3) is 10.1 Å². The first-order valence-corrected chi connectivity index (χ1v) is 6.29. The maximum Gasteiger partial charge on any atom is 0.268 e. The quantitative estimate of drug-likeness (QED) is 0.572. The van der Waals surface area contributed by atoms with E-state index in [0.29, 0.717) is 5.75 Å². The number of hydrogen-bond acceptors (Lipinski definition) is 3. The Bertz CT molecular complexity index is 416. The summed E-state index contributed by atoms with van der Waals surface area (Å²) in [5.74, 6) is 0.238. The average Bonchev–Trinajstić information content (AvgIpc) is 2.16. The van der Waals surface area contributed by atoms with E-state index in [2.05, 4.69) is 0 Å². The SMILES string of the molecule is BCc1cccc(OCCS(=O)(=O)O)c1. The summed E-state index contributed by atoms with van der Waals surface area (Å²) in [6.07, 6.45) is 0.898. The fraction of sp³-hybridized carbons (Fsp3) is 0.333. The Balaban J connectivity index is 2.51. The fourth-order valence-corrected chi connectivity index (χ4v) is 1.41. The molecule has 0 aromatic heterocycles. The standard InChI is InChI=1S/C9H13BO4S/c10-7-8-2-1-3-9(6-8)14-4-5-15(11,12)13/h1-3,6H,4-5,7,10H2,(H,11,12,13). The van der Waals surface area contributed by atoms with Gasteiger partial charge in [-0.2, -0.15) is 8.42 Å². The highest BCUT2D eigenvalue weighted by Gasteiger charge is 2.04. The summed E-state index contributed by atoms with van der Waals surface area (Å²) in [5, 5.41) is 0. The van der Waals surface area contributed by atoms with Crippen molar-refractivity contribution in [1.82, 2.24) is 0 Å². The van der Waals surface area contributed by atoms with Crippen LogP contribution in [0.4, 0.5) is 0 Å². The Kier molecular flexibility index (Phi) is 4.17. The molecule has 0 radical (unpaired) electrons. The number of ether oxygens (including phenoxy) is 1. The van der Waals surface area contributed by atoms with Crippen molar-refractivity contribution in [3.63, 3.8) is 0 Å². The number of rotatable bonds is 5. The highest BCUT2D eigenvalue weighted by molar-refractivity contribution is 7.85. The summed E-state index contributed by atoms with van der Waals surface area (Å²) in [4.78, 5) is 0. The zero-order valence-corrected chi connectivity index (χ0v) is 9.33. The van der Waals surface area contributed by atoms with Crippen LogP contribution in [0.15, 0.2) is 24.3 Å². The van der Waals surface area contributed by atoms with Crippen LogP contribution in [0.25, 0.3) is 0 Å². The van der Waals surface area contributed by atoms with Gasteiger partial charge in [-0.1, -0.05) is 24.0 Å². The Morgan fingerprint density at radius 3 is 2.73 bits per heavy atom. The van der Waals surface area contributed by atoms with Gasteiger partial charge in [0.05, 0.1) is 0 Å². The summed E-state index contributed by atoms with van der Waals surface area (Å²) < 4.78 is 34.5. The van der Waals surface area contributed by atoms with Crippen LogP contribution in [-0.4, -0.2) is 33.2 Å². The third-order valence-electron chi connectivity index (χ3n) is 1.92. The smallest absolute Gasteiger partial charge is 0.268 e. The molecule has 0 unspecified atom stereocenters. The molecular formula is C9H13BO4S. The molecule has 1 aromatic carbocycles. The number of benzene rings is 1. The predicted octanol–water partition coefficient (Wildman–Crippen LogP) is 0.0863. The zero-order valence-electron chi connectivity index (χ0n) is 8.51. The summed E-state index contributed by atoms with van der Waals surface area (Å²) in [5.41, 5.74) is 1.12. The second-order valence-corrected chi connectivity index (χ2v) is 4.71. The minimum Gasteiger partial charge on any atom is -0.492 e. The van der Waals surface area contributed by atoms with Crippen LogP contribution in [0.3, 0.4) is 0 Å². The van der Waals surface area contributed by atoms with Crippen LogP contribution in [0.1, 0.15) is 5.56 Å². The molecule has 15 heavy (non-hydrogen) atoms. The molecule has 1 aromatic rings. The van der Waals surface area contributed by atoms with Crippen molar-refractivity contribution in [1.29, 1.82) is 0 Å². The minimum absolute atomic E-state index is 0.0357. The summed E-state index contributed by atoms with van der Waals surface area (Å²) in [6, 6.07) is 7.42. The van der Waals surface area contributed by atoms with E-state index in [-0.39, 0.29) is 12.4 Å².